The molecule has 2 unspecified atom stereocenters. The molecule has 21 nitrogen and oxygen atoms in total. The minimum Gasteiger partial charge on any atom is -0.387 e. The number of imidazole rings is 1. The number of nitrogens with two attached hydrogens (primary N) is 1. The van der Waals surface area contributed by atoms with Gasteiger partial charge in [-0.25, -0.2) is 28.6 Å². The molecule has 1 aromatic carbocycles. The number of aliphatic hydroxyl groups is 1. The van der Waals surface area contributed by atoms with Gasteiger partial charge in [-0.2, -0.15) is 8.62 Å². The number of phosphoric acid groups is 3. The number of nitrogens with zero attached hydrogens (tertiary/aromatic N) is 5. The number of nitro benzene ring substituents is 1. The van der Waals surface area contributed by atoms with Crippen LogP contribution in [0.4, 0.5) is 11.5 Å². The monoisotopic (exact) mass is 642 g/mol. The fourth-order valence-electron chi connectivity index (χ4n) is 3.78. The first kappa shape index (κ1) is 31.2. The number of fused-ring (bicyclic) bond motifs is 1. The molecule has 0 saturated carbocycles. The van der Waals surface area contributed by atoms with Gasteiger partial charge in [0.15, 0.2) is 17.7 Å². The van der Waals surface area contributed by atoms with E-state index < -0.39 is 66.1 Å². The summed E-state index contributed by atoms with van der Waals surface area (Å²) in [5.74, 6) is 0.00823. The van der Waals surface area contributed by atoms with Crippen molar-refractivity contribution in [2.45, 2.75) is 31.1 Å². The number of phosphoric ester groups is 1. The SMILES string of the molecule is Nc1ncnc2c1ncn2[C@@H]1O[C@H](COP(=O)(O)OP(=O)(O)OP(=O)(O)O)[C@@H](O)[C@H]1OCc1ccccc1[N+](=O)[O-]. The van der Waals surface area contributed by atoms with E-state index in [0.29, 0.717) is 0 Å². The smallest absolute Gasteiger partial charge is 0.387 e. The van der Waals surface area contributed by atoms with E-state index in [4.69, 9.17) is 25.0 Å². The van der Waals surface area contributed by atoms with Crippen LogP contribution in [-0.4, -0.2) is 74.0 Å². The molecular formula is C17H21N6O15P3. The van der Waals surface area contributed by atoms with Gasteiger partial charge in [-0.05, 0) is 6.07 Å². The number of para-hydroxylation sites is 1. The lowest BCUT2D eigenvalue weighted by Gasteiger charge is -2.22. The molecule has 3 heterocycles. The first-order valence-electron chi connectivity index (χ1n) is 11.0. The van der Waals surface area contributed by atoms with Gasteiger partial charge in [0.05, 0.1) is 30.0 Å². The van der Waals surface area contributed by atoms with E-state index in [9.17, 15) is 38.7 Å². The van der Waals surface area contributed by atoms with Crippen molar-refractivity contribution >= 4 is 46.1 Å². The number of aliphatic hydroxyl groups excluding tert-OH is 1. The van der Waals surface area contributed by atoms with Gasteiger partial charge >= 0.3 is 23.5 Å². The summed E-state index contributed by atoms with van der Waals surface area (Å²) in [6.45, 7) is -1.40. The van der Waals surface area contributed by atoms with Crippen LogP contribution in [-0.2, 0) is 42.9 Å². The summed E-state index contributed by atoms with van der Waals surface area (Å²) in [7, 11) is -16.9. The van der Waals surface area contributed by atoms with E-state index in [1.165, 1.54) is 35.2 Å². The van der Waals surface area contributed by atoms with Gasteiger partial charge in [-0.3, -0.25) is 19.2 Å². The molecule has 0 spiro atoms. The van der Waals surface area contributed by atoms with Crippen molar-refractivity contribution in [2.24, 2.45) is 0 Å². The number of benzene rings is 1. The molecule has 1 aliphatic heterocycles. The summed E-state index contributed by atoms with van der Waals surface area (Å²) in [6.07, 6.45) is -3.49. The van der Waals surface area contributed by atoms with Crippen LogP contribution >= 0.6 is 23.5 Å². The van der Waals surface area contributed by atoms with Gasteiger partial charge in [0, 0.05) is 6.07 Å². The van der Waals surface area contributed by atoms with Crippen LogP contribution in [0.5, 0.6) is 0 Å². The normalized spacial score (nSPS) is 24.2. The second-order valence-corrected chi connectivity index (χ2v) is 12.6. The summed E-state index contributed by atoms with van der Waals surface area (Å²) >= 11 is 0. The fourth-order valence-corrected chi connectivity index (χ4v) is 6.81. The van der Waals surface area contributed by atoms with Crippen molar-refractivity contribution in [3.05, 3.63) is 52.6 Å². The molecule has 2 aromatic heterocycles. The molecule has 1 saturated heterocycles. The third-order valence-electron chi connectivity index (χ3n) is 5.41. The topological polar surface area (TPSA) is 311 Å². The number of nitrogen functional groups attached to an aromatic ring is 1. The summed E-state index contributed by atoms with van der Waals surface area (Å²) in [5, 5.41) is 22.4. The Morgan fingerprint density at radius 1 is 1.07 bits per heavy atom. The Balaban J connectivity index is 1.57. The largest absolute Gasteiger partial charge is 0.490 e. The maximum absolute atomic E-state index is 12.2. The highest BCUT2D eigenvalue weighted by Crippen LogP contribution is 2.66. The van der Waals surface area contributed by atoms with Crippen LogP contribution in [0.1, 0.15) is 11.8 Å². The Labute approximate surface area is 228 Å². The molecule has 0 bridgehead atoms. The Morgan fingerprint density at radius 2 is 1.78 bits per heavy atom. The standard InChI is InChI=1S/C17H21N6O15P3/c18-15-12-16(20-7-19-15)22(8-21-12)17-14(34-5-9-3-1-2-4-10(9)23(25)26)13(24)11(36-17)6-35-40(30,31)38-41(32,33)37-39(27,28)29/h1-4,7-8,11,13-14,17,24H,5-6H2,(H,30,31)(H,32,33)(H2,18,19,20)(H2,27,28,29)/t11-,13-,14-,17-/m1/s1. The van der Waals surface area contributed by atoms with Gasteiger partial charge in [0.25, 0.3) is 5.69 Å². The second kappa shape index (κ2) is 11.9. The predicted molar refractivity (Wildman–Crippen MR) is 131 cm³/mol. The molecule has 1 aliphatic rings. The number of aromatic nitrogens is 4. The van der Waals surface area contributed by atoms with Crippen LogP contribution in [0.25, 0.3) is 11.2 Å². The first-order valence-corrected chi connectivity index (χ1v) is 15.5. The zero-order valence-electron chi connectivity index (χ0n) is 20.2. The highest BCUT2D eigenvalue weighted by molar-refractivity contribution is 7.66. The second-order valence-electron chi connectivity index (χ2n) is 8.19. The third kappa shape index (κ3) is 7.56. The number of hydrogen-bond acceptors (Lipinski definition) is 15. The molecule has 7 N–H and O–H groups in total. The lowest BCUT2D eigenvalue weighted by Crippen LogP contribution is -2.35. The minimum atomic E-state index is -5.79. The molecular weight excluding hydrogens is 621 g/mol. The van der Waals surface area contributed by atoms with Crippen molar-refractivity contribution in [3.63, 3.8) is 0 Å². The lowest BCUT2D eigenvalue weighted by atomic mass is 10.1. The highest BCUT2D eigenvalue weighted by atomic mass is 31.3. The van der Waals surface area contributed by atoms with Gasteiger partial charge in [-0.15, -0.1) is 0 Å². The number of ether oxygens (including phenoxy) is 2. The molecule has 41 heavy (non-hydrogen) atoms. The quantitative estimate of drug-likeness (QED) is 0.0890. The van der Waals surface area contributed by atoms with Crippen LogP contribution < -0.4 is 5.73 Å². The van der Waals surface area contributed by atoms with Crippen molar-refractivity contribution in [2.75, 3.05) is 12.3 Å². The van der Waals surface area contributed by atoms with Crippen LogP contribution in [0.2, 0.25) is 0 Å². The van der Waals surface area contributed by atoms with Gasteiger partial charge in [0.2, 0.25) is 0 Å². The van der Waals surface area contributed by atoms with Gasteiger partial charge in [-0.1, -0.05) is 12.1 Å². The summed E-state index contributed by atoms with van der Waals surface area (Å²) in [5.41, 5.74) is 5.97. The summed E-state index contributed by atoms with van der Waals surface area (Å²) in [6, 6.07) is 5.63. The Bertz CT molecular complexity index is 1580. The molecule has 24 heteroatoms. The highest BCUT2D eigenvalue weighted by Gasteiger charge is 2.48. The van der Waals surface area contributed by atoms with Crippen molar-refractivity contribution in [1.82, 2.24) is 19.5 Å². The average Bonchev–Trinajstić information content (AvgIpc) is 3.41. The van der Waals surface area contributed by atoms with E-state index in [0.717, 1.165) is 6.33 Å². The van der Waals surface area contributed by atoms with Crippen molar-refractivity contribution in [1.29, 1.82) is 0 Å². The van der Waals surface area contributed by atoms with Gasteiger partial charge < -0.3 is 39.9 Å². The summed E-state index contributed by atoms with van der Waals surface area (Å²) in [4.78, 5) is 59.1. The Hall–Kier alpha value is -2.74. The molecule has 6 atom stereocenters. The Kier molecular flexibility index (Phi) is 9.03. The molecule has 0 amide bonds. The molecule has 0 aliphatic carbocycles. The molecule has 4 rings (SSSR count). The summed E-state index contributed by atoms with van der Waals surface area (Å²) < 4.78 is 59.3. The number of nitro groups is 1. The van der Waals surface area contributed by atoms with Crippen LogP contribution in [0.3, 0.4) is 0 Å². The lowest BCUT2D eigenvalue weighted by molar-refractivity contribution is -0.386. The van der Waals surface area contributed by atoms with Crippen LogP contribution in [0, 0.1) is 10.1 Å². The maximum atomic E-state index is 12.2. The van der Waals surface area contributed by atoms with E-state index in [2.05, 4.69) is 28.1 Å². The van der Waals surface area contributed by atoms with E-state index >= 15 is 0 Å². The van der Waals surface area contributed by atoms with E-state index in [1.54, 1.807) is 0 Å². The van der Waals surface area contributed by atoms with Crippen molar-refractivity contribution in [3.8, 4) is 0 Å². The van der Waals surface area contributed by atoms with Gasteiger partial charge in [0.1, 0.15) is 30.2 Å². The zero-order chi connectivity index (χ0) is 30.2. The predicted octanol–water partition coefficient (Wildman–Crippen LogP) is 0.504. The number of rotatable bonds is 12. The van der Waals surface area contributed by atoms with Crippen molar-refractivity contribution < 1.29 is 65.9 Å². The van der Waals surface area contributed by atoms with Crippen LogP contribution in [0.15, 0.2) is 36.9 Å². The first-order chi connectivity index (χ1) is 19.1. The zero-order valence-corrected chi connectivity index (χ0v) is 22.8. The van der Waals surface area contributed by atoms with E-state index in [-0.39, 0.29) is 28.2 Å². The fraction of sp³-hybridized carbons (Fsp3) is 0.353. The molecule has 3 aromatic rings. The minimum absolute atomic E-state index is 0.00823. The molecule has 1 fully saturated rings. The number of anilines is 1. The molecule has 0 radical (unpaired) electrons. The molecule has 224 valence electrons. The Morgan fingerprint density at radius 3 is 2.46 bits per heavy atom. The number of hydrogen-bond donors (Lipinski definition) is 6. The maximum Gasteiger partial charge on any atom is 0.490 e. The third-order valence-corrected chi connectivity index (χ3v) is 9.21. The van der Waals surface area contributed by atoms with E-state index in [1.807, 2.05) is 0 Å². The average molecular weight is 642 g/mol.